The Labute approximate surface area is 59.8 Å². The van der Waals surface area contributed by atoms with Crippen molar-refractivity contribution in [2.75, 3.05) is 6.54 Å². The molecule has 0 saturated heterocycles. The van der Waals surface area contributed by atoms with E-state index in [-0.39, 0.29) is 6.54 Å². The molecule has 0 heterocycles. The maximum atomic E-state index is 9.00. The Balaban J connectivity index is 3.42. The lowest BCUT2D eigenvalue weighted by atomic mass is 10.2. The predicted octanol–water partition coefficient (Wildman–Crippen LogP) is 1.62. The van der Waals surface area contributed by atoms with Gasteiger partial charge in [-0.25, -0.2) is 0 Å². The van der Waals surface area contributed by atoms with E-state index in [0.29, 0.717) is 6.42 Å². The highest BCUT2D eigenvalue weighted by atomic mass is 16.3. The van der Waals surface area contributed by atoms with Crippen molar-refractivity contribution in [1.82, 2.24) is 0 Å². The van der Waals surface area contributed by atoms with Crippen molar-refractivity contribution < 1.29 is 5.11 Å². The smallest absolute Gasteiger partial charge is 0.0630 e. The van der Waals surface area contributed by atoms with Crippen LogP contribution in [0.2, 0.25) is 0 Å². The van der Waals surface area contributed by atoms with Crippen LogP contribution in [0.4, 0.5) is 0 Å². The zero-order valence-corrected chi connectivity index (χ0v) is 5.94. The van der Waals surface area contributed by atoms with E-state index in [1.807, 2.05) is 19.1 Å². The fourth-order valence-electron chi connectivity index (χ4n) is 0.498. The molecule has 1 N–H and O–H groups in total. The third-order valence-electron chi connectivity index (χ3n) is 1.000. The third kappa shape index (κ3) is 5.15. The van der Waals surface area contributed by atoms with E-state index in [2.05, 4.69) is 10.0 Å². The molecule has 0 aromatic carbocycles. The zero-order chi connectivity index (χ0) is 7.82. The van der Waals surface area contributed by atoms with Crippen molar-refractivity contribution in [2.24, 2.45) is 5.11 Å². The second kappa shape index (κ2) is 6.13. The molecule has 0 aromatic heterocycles. The van der Waals surface area contributed by atoms with Gasteiger partial charge >= 0.3 is 0 Å². The summed E-state index contributed by atoms with van der Waals surface area (Å²) in [5.41, 5.74) is 7.87. The van der Waals surface area contributed by atoms with Gasteiger partial charge < -0.3 is 5.11 Å². The summed E-state index contributed by atoms with van der Waals surface area (Å²) in [6, 6.07) is 0. The normalized spacial score (nSPS) is 13.0. The molecule has 1 unspecified atom stereocenters. The molecule has 56 valence electrons. The standard InChI is InChI=1S/C6H11N3O/c1-2-3-4-6(10)5-8-9-7/h2-3,6,10H,4-5H2,1H3/b3-2+. The van der Waals surface area contributed by atoms with Crippen LogP contribution in [0.3, 0.4) is 0 Å². The molecule has 0 aliphatic rings. The Kier molecular flexibility index (Phi) is 5.53. The lowest BCUT2D eigenvalue weighted by molar-refractivity contribution is 0.186. The molecule has 10 heavy (non-hydrogen) atoms. The van der Waals surface area contributed by atoms with Crippen LogP contribution in [0.25, 0.3) is 10.4 Å². The largest absolute Gasteiger partial charge is 0.393 e. The first-order chi connectivity index (χ1) is 4.81. The minimum absolute atomic E-state index is 0.154. The average Bonchev–Trinajstić information content (AvgIpc) is 1.97. The van der Waals surface area contributed by atoms with Gasteiger partial charge in [-0.3, -0.25) is 0 Å². The van der Waals surface area contributed by atoms with Crippen LogP contribution < -0.4 is 0 Å². The van der Waals surface area contributed by atoms with E-state index in [4.69, 9.17) is 10.6 Å². The Morgan fingerprint density at radius 1 is 1.80 bits per heavy atom. The molecule has 0 saturated carbocycles. The monoisotopic (exact) mass is 141 g/mol. The van der Waals surface area contributed by atoms with Crippen LogP contribution in [0.15, 0.2) is 17.3 Å². The van der Waals surface area contributed by atoms with Gasteiger partial charge in [0.1, 0.15) is 0 Å². The van der Waals surface area contributed by atoms with E-state index in [1.54, 1.807) is 0 Å². The first-order valence-electron chi connectivity index (χ1n) is 3.11. The van der Waals surface area contributed by atoms with Crippen molar-refractivity contribution in [3.8, 4) is 0 Å². The highest BCUT2D eigenvalue weighted by Gasteiger charge is 1.96. The van der Waals surface area contributed by atoms with Gasteiger partial charge in [-0.15, -0.1) is 0 Å². The fourth-order valence-corrected chi connectivity index (χ4v) is 0.498. The summed E-state index contributed by atoms with van der Waals surface area (Å²) in [6.45, 7) is 2.03. The van der Waals surface area contributed by atoms with E-state index in [1.165, 1.54) is 0 Å². The van der Waals surface area contributed by atoms with Gasteiger partial charge in [0, 0.05) is 4.91 Å². The highest BCUT2D eigenvalue weighted by molar-refractivity contribution is 4.80. The number of hydrogen-bond acceptors (Lipinski definition) is 2. The van der Waals surface area contributed by atoms with Crippen LogP contribution >= 0.6 is 0 Å². The number of allylic oxidation sites excluding steroid dienone is 1. The number of nitrogens with zero attached hydrogens (tertiary/aromatic N) is 3. The molecule has 0 bridgehead atoms. The quantitative estimate of drug-likeness (QED) is 0.275. The number of aliphatic hydroxyl groups is 1. The first kappa shape index (κ1) is 9.01. The van der Waals surface area contributed by atoms with Crippen molar-refractivity contribution >= 4 is 0 Å². The molecular weight excluding hydrogens is 130 g/mol. The van der Waals surface area contributed by atoms with E-state index >= 15 is 0 Å². The van der Waals surface area contributed by atoms with Gasteiger partial charge in [0.05, 0.1) is 12.6 Å². The van der Waals surface area contributed by atoms with Crippen LogP contribution in [0, 0.1) is 0 Å². The molecular formula is C6H11N3O. The Morgan fingerprint density at radius 3 is 3.00 bits per heavy atom. The van der Waals surface area contributed by atoms with E-state index in [0.717, 1.165) is 0 Å². The van der Waals surface area contributed by atoms with Gasteiger partial charge in [-0.1, -0.05) is 17.3 Å². The molecule has 4 heteroatoms. The lowest BCUT2D eigenvalue weighted by Gasteiger charge is -2.00. The predicted molar refractivity (Wildman–Crippen MR) is 39.5 cm³/mol. The summed E-state index contributed by atoms with van der Waals surface area (Å²) in [5, 5.41) is 12.2. The second-order valence-corrected chi connectivity index (χ2v) is 1.87. The molecule has 0 aromatic rings. The van der Waals surface area contributed by atoms with Crippen LogP contribution in [0.1, 0.15) is 13.3 Å². The first-order valence-corrected chi connectivity index (χ1v) is 3.11. The summed E-state index contributed by atoms with van der Waals surface area (Å²) in [6.07, 6.45) is 3.69. The summed E-state index contributed by atoms with van der Waals surface area (Å²) in [7, 11) is 0. The number of rotatable bonds is 4. The fraction of sp³-hybridized carbons (Fsp3) is 0.667. The van der Waals surface area contributed by atoms with Gasteiger partial charge in [0.15, 0.2) is 0 Å². The molecule has 4 nitrogen and oxygen atoms in total. The minimum atomic E-state index is -0.535. The van der Waals surface area contributed by atoms with Crippen molar-refractivity contribution in [3.05, 3.63) is 22.6 Å². The van der Waals surface area contributed by atoms with Gasteiger partial charge in [-0.05, 0) is 18.9 Å². The average molecular weight is 141 g/mol. The van der Waals surface area contributed by atoms with Gasteiger partial charge in [-0.2, -0.15) is 0 Å². The molecule has 0 aliphatic carbocycles. The molecule has 0 radical (unpaired) electrons. The second-order valence-electron chi connectivity index (χ2n) is 1.87. The molecule has 0 rings (SSSR count). The van der Waals surface area contributed by atoms with Crippen LogP contribution in [0.5, 0.6) is 0 Å². The maximum Gasteiger partial charge on any atom is 0.0630 e. The van der Waals surface area contributed by atoms with Crippen molar-refractivity contribution in [1.29, 1.82) is 0 Å². The number of hydrogen-bond donors (Lipinski definition) is 1. The number of aliphatic hydroxyl groups excluding tert-OH is 1. The molecule has 0 aliphatic heterocycles. The van der Waals surface area contributed by atoms with Crippen LogP contribution in [-0.4, -0.2) is 17.8 Å². The lowest BCUT2D eigenvalue weighted by Crippen LogP contribution is -2.07. The molecule has 0 amide bonds. The molecule has 1 atom stereocenters. The molecule has 0 spiro atoms. The molecule has 0 fully saturated rings. The Hall–Kier alpha value is -0.990. The van der Waals surface area contributed by atoms with E-state index < -0.39 is 6.10 Å². The topological polar surface area (TPSA) is 69.0 Å². The maximum absolute atomic E-state index is 9.00. The summed E-state index contributed by atoms with van der Waals surface area (Å²) >= 11 is 0. The van der Waals surface area contributed by atoms with E-state index in [9.17, 15) is 0 Å². The summed E-state index contributed by atoms with van der Waals surface area (Å²) in [4.78, 5) is 2.52. The Morgan fingerprint density at radius 2 is 2.50 bits per heavy atom. The SMILES string of the molecule is C/C=C/CC(O)CN=[N+]=[N-]. The summed E-state index contributed by atoms with van der Waals surface area (Å²) < 4.78 is 0. The Bertz CT molecular complexity index is 149. The van der Waals surface area contributed by atoms with Crippen molar-refractivity contribution in [3.63, 3.8) is 0 Å². The minimum Gasteiger partial charge on any atom is -0.393 e. The summed E-state index contributed by atoms with van der Waals surface area (Å²) in [5.74, 6) is 0. The zero-order valence-electron chi connectivity index (χ0n) is 5.94. The van der Waals surface area contributed by atoms with Gasteiger partial charge in [0.25, 0.3) is 0 Å². The van der Waals surface area contributed by atoms with Gasteiger partial charge in [0.2, 0.25) is 0 Å². The third-order valence-corrected chi connectivity index (χ3v) is 1.000. The van der Waals surface area contributed by atoms with Crippen molar-refractivity contribution in [2.45, 2.75) is 19.4 Å². The number of azide groups is 1. The van der Waals surface area contributed by atoms with Crippen LogP contribution in [-0.2, 0) is 0 Å². The highest BCUT2D eigenvalue weighted by Crippen LogP contribution is 1.93.